The Morgan fingerprint density at radius 3 is 2.89 bits per heavy atom. The molecule has 3 atom stereocenters. The molecule has 52 valence electrons. The van der Waals surface area contributed by atoms with Crippen molar-refractivity contribution in [1.29, 1.82) is 0 Å². The van der Waals surface area contributed by atoms with Crippen LogP contribution < -0.4 is 0 Å². The van der Waals surface area contributed by atoms with E-state index in [1.54, 1.807) is 0 Å². The highest BCUT2D eigenvalue weighted by molar-refractivity contribution is 7.98. The van der Waals surface area contributed by atoms with E-state index >= 15 is 0 Å². The highest BCUT2D eigenvalue weighted by Gasteiger charge is 2.46. The van der Waals surface area contributed by atoms with Gasteiger partial charge in [0, 0.05) is 12.8 Å². The molecule has 0 aromatic heterocycles. The third kappa shape index (κ3) is 0.887. The monoisotopic (exact) mass is 145 g/mol. The number of fused-ring (bicyclic) bond motifs is 1. The minimum Gasteiger partial charge on any atom is -0.388 e. The maximum absolute atomic E-state index is 9.41. The van der Waals surface area contributed by atoms with Crippen molar-refractivity contribution >= 4 is 10.9 Å². The summed E-state index contributed by atoms with van der Waals surface area (Å²) in [4.78, 5) is 0. The van der Waals surface area contributed by atoms with Crippen LogP contribution in [0.2, 0.25) is 0 Å². The maximum Gasteiger partial charge on any atom is 0.144 e. The van der Waals surface area contributed by atoms with Gasteiger partial charge >= 0.3 is 0 Å². The molecule has 2 aliphatic rings. The molecule has 2 saturated heterocycles. The minimum atomic E-state index is 0.0795. The van der Waals surface area contributed by atoms with Crippen LogP contribution in [-0.4, -0.2) is 28.0 Å². The number of hydrogen-bond acceptors (Lipinski definition) is 1. The molecule has 0 aromatic rings. The first kappa shape index (κ1) is 6.05. The lowest BCUT2D eigenvalue weighted by atomic mass is 10.1. The molecular weight excluding hydrogens is 132 g/mol. The highest BCUT2D eigenvalue weighted by Crippen LogP contribution is 2.32. The molecule has 2 aliphatic heterocycles. The van der Waals surface area contributed by atoms with Gasteiger partial charge in [0.2, 0.25) is 0 Å². The molecular formula is C7H13OS+. The molecule has 0 radical (unpaired) electrons. The lowest BCUT2D eigenvalue weighted by Gasteiger charge is -2.02. The van der Waals surface area contributed by atoms with Crippen molar-refractivity contribution in [3.05, 3.63) is 0 Å². The molecule has 0 aliphatic carbocycles. The number of rotatable bonds is 0. The Morgan fingerprint density at radius 1 is 1.22 bits per heavy atom. The first-order valence-corrected chi connectivity index (χ1v) is 5.35. The van der Waals surface area contributed by atoms with Crippen LogP contribution in [0.25, 0.3) is 0 Å². The van der Waals surface area contributed by atoms with Crippen molar-refractivity contribution in [1.82, 2.24) is 0 Å². The second-order valence-electron chi connectivity index (χ2n) is 2.98. The topological polar surface area (TPSA) is 20.2 Å². The van der Waals surface area contributed by atoms with E-state index < -0.39 is 0 Å². The Morgan fingerprint density at radius 2 is 2.11 bits per heavy atom. The summed E-state index contributed by atoms with van der Waals surface area (Å²) in [6.07, 6.45) is 3.86. The van der Waals surface area contributed by atoms with Crippen LogP contribution in [-0.2, 0) is 10.9 Å². The van der Waals surface area contributed by atoms with Gasteiger partial charge in [-0.3, -0.25) is 0 Å². The Labute approximate surface area is 58.8 Å². The average molecular weight is 145 g/mol. The molecule has 2 heteroatoms. The van der Waals surface area contributed by atoms with Gasteiger partial charge in [-0.25, -0.2) is 0 Å². The summed E-state index contributed by atoms with van der Waals surface area (Å²) < 4.78 is 0. The van der Waals surface area contributed by atoms with Crippen molar-refractivity contribution < 1.29 is 5.11 Å². The largest absolute Gasteiger partial charge is 0.388 e. The summed E-state index contributed by atoms with van der Waals surface area (Å²) in [6.45, 7) is 0. The second-order valence-corrected chi connectivity index (χ2v) is 5.48. The van der Waals surface area contributed by atoms with E-state index in [9.17, 15) is 5.11 Å². The van der Waals surface area contributed by atoms with E-state index in [2.05, 4.69) is 0 Å². The van der Waals surface area contributed by atoms with Crippen molar-refractivity contribution in [2.45, 2.75) is 30.6 Å². The third-order valence-corrected chi connectivity index (χ3v) is 5.41. The van der Waals surface area contributed by atoms with Crippen LogP contribution in [0.3, 0.4) is 0 Å². The zero-order valence-corrected chi connectivity index (χ0v) is 6.36. The first-order valence-electron chi connectivity index (χ1n) is 3.72. The van der Waals surface area contributed by atoms with Crippen LogP contribution >= 0.6 is 0 Å². The number of aliphatic hydroxyl groups is 1. The van der Waals surface area contributed by atoms with E-state index in [1.165, 1.54) is 24.3 Å². The Bertz CT molecular complexity index is 115. The molecule has 2 rings (SSSR count). The molecule has 1 unspecified atom stereocenters. The summed E-state index contributed by atoms with van der Waals surface area (Å²) in [6, 6.07) is 0. The molecule has 0 bridgehead atoms. The number of hydrogen-bond donors (Lipinski definition) is 1. The zero-order chi connectivity index (χ0) is 6.27. The fourth-order valence-corrected chi connectivity index (χ4v) is 4.89. The number of aliphatic hydroxyl groups excluding tert-OH is 1. The van der Waals surface area contributed by atoms with Gasteiger partial charge in [-0.1, -0.05) is 0 Å². The fourth-order valence-electron chi connectivity index (χ4n) is 1.91. The predicted octanol–water partition coefficient (Wildman–Crippen LogP) is 0.532. The molecule has 2 fully saturated rings. The lowest BCUT2D eigenvalue weighted by molar-refractivity contribution is 0.173. The van der Waals surface area contributed by atoms with E-state index in [1.807, 2.05) is 0 Å². The smallest absolute Gasteiger partial charge is 0.144 e. The van der Waals surface area contributed by atoms with Gasteiger partial charge in [0.25, 0.3) is 0 Å². The van der Waals surface area contributed by atoms with Gasteiger partial charge in [0.1, 0.15) is 22.9 Å². The fraction of sp³-hybridized carbons (Fsp3) is 1.00. The second kappa shape index (κ2) is 2.17. The Balaban J connectivity index is 2.07. The van der Waals surface area contributed by atoms with Gasteiger partial charge in [-0.15, -0.1) is 0 Å². The molecule has 0 aromatic carbocycles. The lowest BCUT2D eigenvalue weighted by Crippen LogP contribution is -2.21. The van der Waals surface area contributed by atoms with Gasteiger partial charge < -0.3 is 5.11 Å². The summed E-state index contributed by atoms with van der Waals surface area (Å²) in [5.41, 5.74) is 0. The highest BCUT2D eigenvalue weighted by atomic mass is 32.2. The van der Waals surface area contributed by atoms with E-state index in [4.69, 9.17) is 0 Å². The predicted molar refractivity (Wildman–Crippen MR) is 40.7 cm³/mol. The SMILES string of the molecule is O[C@@H]1CC[S+]2CCC[C@H]12. The standard InChI is InChI=1S/C7H13OS/c8-6-3-5-9-4-1-2-7(6)9/h6-8H,1-5H2/q+1/t6-,7-,9?/m1/s1. The van der Waals surface area contributed by atoms with Gasteiger partial charge in [-0.05, 0) is 17.3 Å². The molecule has 1 nitrogen and oxygen atoms in total. The summed E-state index contributed by atoms with van der Waals surface area (Å²) in [5.74, 6) is 2.74. The molecule has 9 heavy (non-hydrogen) atoms. The minimum absolute atomic E-state index is 0.0795. The quantitative estimate of drug-likeness (QED) is 0.493. The van der Waals surface area contributed by atoms with Gasteiger partial charge in [0.15, 0.2) is 0 Å². The van der Waals surface area contributed by atoms with Crippen LogP contribution in [0.4, 0.5) is 0 Å². The summed E-state index contributed by atoms with van der Waals surface area (Å²) >= 11 is 0. The first-order chi connectivity index (χ1) is 4.38. The van der Waals surface area contributed by atoms with Crippen molar-refractivity contribution in [2.24, 2.45) is 0 Å². The zero-order valence-electron chi connectivity index (χ0n) is 5.55. The molecule has 0 spiro atoms. The van der Waals surface area contributed by atoms with E-state index in [-0.39, 0.29) is 6.10 Å². The Hall–Kier alpha value is 0.310. The van der Waals surface area contributed by atoms with Crippen LogP contribution in [0.1, 0.15) is 19.3 Å². The van der Waals surface area contributed by atoms with E-state index in [0.29, 0.717) is 10.9 Å². The summed E-state index contributed by atoms with van der Waals surface area (Å²) in [7, 11) is 0.652. The van der Waals surface area contributed by atoms with Crippen molar-refractivity contribution in [2.75, 3.05) is 11.5 Å². The van der Waals surface area contributed by atoms with E-state index in [0.717, 1.165) is 11.7 Å². The van der Waals surface area contributed by atoms with Crippen LogP contribution in [0.5, 0.6) is 0 Å². The molecule has 0 amide bonds. The van der Waals surface area contributed by atoms with Gasteiger partial charge in [0.05, 0.1) is 0 Å². The maximum atomic E-state index is 9.41. The van der Waals surface area contributed by atoms with Gasteiger partial charge in [-0.2, -0.15) is 0 Å². The molecule has 0 saturated carbocycles. The van der Waals surface area contributed by atoms with Crippen molar-refractivity contribution in [3.63, 3.8) is 0 Å². The van der Waals surface area contributed by atoms with Crippen LogP contribution in [0.15, 0.2) is 0 Å². The Kier molecular flexibility index (Phi) is 1.46. The van der Waals surface area contributed by atoms with Crippen LogP contribution in [0, 0.1) is 0 Å². The molecule has 2 heterocycles. The average Bonchev–Trinajstić information content (AvgIpc) is 2.35. The van der Waals surface area contributed by atoms with Crippen molar-refractivity contribution in [3.8, 4) is 0 Å². The normalized spacial score (nSPS) is 49.7. The summed E-state index contributed by atoms with van der Waals surface area (Å²) in [5, 5.41) is 10.1. The molecule has 1 N–H and O–H groups in total. The third-order valence-electron chi connectivity index (χ3n) is 2.43.